The highest BCUT2D eigenvalue weighted by atomic mass is 35.5. The Morgan fingerprint density at radius 3 is 2.59 bits per heavy atom. The van der Waals surface area contributed by atoms with Crippen LogP contribution in [-0.2, 0) is 9.53 Å². The van der Waals surface area contributed by atoms with Gasteiger partial charge in [0.25, 0.3) is 0 Å². The molecule has 6 nitrogen and oxygen atoms in total. The number of alkyl carbamates (subject to hydrolysis) is 1. The molecule has 2 rings (SSSR count). The highest BCUT2D eigenvalue weighted by Gasteiger charge is 2.28. The Morgan fingerprint density at radius 1 is 1.30 bits per heavy atom. The van der Waals surface area contributed by atoms with Gasteiger partial charge in [-0.05, 0) is 77.3 Å². The van der Waals surface area contributed by atoms with Crippen LogP contribution in [0.2, 0.25) is 5.02 Å². The van der Waals surface area contributed by atoms with Gasteiger partial charge in [-0.3, -0.25) is 9.69 Å². The third-order valence-electron chi connectivity index (χ3n) is 4.52. The summed E-state index contributed by atoms with van der Waals surface area (Å²) in [5.74, 6) is 0.259. The number of amides is 2. The number of nitrogens with zero attached hydrogens (tertiary/aromatic N) is 1. The Labute approximate surface area is 166 Å². The molecule has 1 heterocycles. The molecule has 2 unspecified atom stereocenters. The monoisotopic (exact) mass is 395 g/mol. The molecular weight excluding hydrogens is 366 g/mol. The van der Waals surface area contributed by atoms with Crippen molar-refractivity contribution in [2.45, 2.75) is 52.2 Å². The van der Waals surface area contributed by atoms with E-state index in [0.717, 1.165) is 31.6 Å². The van der Waals surface area contributed by atoms with E-state index in [4.69, 9.17) is 16.3 Å². The van der Waals surface area contributed by atoms with Gasteiger partial charge in [0.1, 0.15) is 5.60 Å². The van der Waals surface area contributed by atoms with Gasteiger partial charge in [0.15, 0.2) is 0 Å². The van der Waals surface area contributed by atoms with Crippen molar-refractivity contribution < 1.29 is 14.3 Å². The van der Waals surface area contributed by atoms with Crippen molar-refractivity contribution in [2.75, 3.05) is 25.0 Å². The maximum Gasteiger partial charge on any atom is 0.407 e. The Balaban J connectivity index is 1.82. The molecule has 0 aromatic heterocycles. The number of carbonyl (C=O) groups is 2. The zero-order chi connectivity index (χ0) is 20.0. The van der Waals surface area contributed by atoms with Crippen LogP contribution in [0.4, 0.5) is 10.5 Å². The first kappa shape index (κ1) is 21.5. The summed E-state index contributed by atoms with van der Waals surface area (Å²) in [6.45, 7) is 9.64. The number of ether oxygens (including phenoxy) is 1. The summed E-state index contributed by atoms with van der Waals surface area (Å²) in [6.07, 6.45) is 1.63. The average molecular weight is 396 g/mol. The van der Waals surface area contributed by atoms with Gasteiger partial charge in [-0.15, -0.1) is 0 Å². The van der Waals surface area contributed by atoms with E-state index in [9.17, 15) is 9.59 Å². The minimum absolute atomic E-state index is 0.0435. The zero-order valence-electron chi connectivity index (χ0n) is 16.5. The minimum Gasteiger partial charge on any atom is -0.444 e. The number of hydrogen-bond donors (Lipinski definition) is 2. The molecule has 0 spiro atoms. The molecule has 1 aliphatic heterocycles. The van der Waals surface area contributed by atoms with E-state index in [0.29, 0.717) is 17.5 Å². The molecule has 0 radical (unpaired) electrons. The number of benzene rings is 1. The van der Waals surface area contributed by atoms with E-state index in [2.05, 4.69) is 15.5 Å². The first-order valence-electron chi connectivity index (χ1n) is 9.41. The highest BCUT2D eigenvalue weighted by Crippen LogP contribution is 2.20. The van der Waals surface area contributed by atoms with E-state index in [1.807, 2.05) is 27.7 Å². The van der Waals surface area contributed by atoms with Crippen LogP contribution >= 0.6 is 11.6 Å². The second-order valence-electron chi connectivity index (χ2n) is 8.06. The predicted molar refractivity (Wildman–Crippen MR) is 108 cm³/mol. The van der Waals surface area contributed by atoms with Gasteiger partial charge in [0.05, 0.1) is 6.04 Å². The van der Waals surface area contributed by atoms with Crippen LogP contribution in [0.15, 0.2) is 24.3 Å². The van der Waals surface area contributed by atoms with Crippen molar-refractivity contribution in [1.29, 1.82) is 0 Å². The minimum atomic E-state index is -0.503. The van der Waals surface area contributed by atoms with Gasteiger partial charge in [-0.1, -0.05) is 11.6 Å². The Bertz CT molecular complexity index is 643. The molecule has 1 saturated heterocycles. The summed E-state index contributed by atoms with van der Waals surface area (Å²) in [5.41, 5.74) is 0.230. The predicted octanol–water partition coefficient (Wildman–Crippen LogP) is 3.90. The molecule has 150 valence electrons. The second kappa shape index (κ2) is 9.42. The lowest BCUT2D eigenvalue weighted by molar-refractivity contribution is -0.121. The summed E-state index contributed by atoms with van der Waals surface area (Å²) in [7, 11) is 0. The largest absolute Gasteiger partial charge is 0.444 e. The zero-order valence-corrected chi connectivity index (χ0v) is 17.3. The summed E-state index contributed by atoms with van der Waals surface area (Å²) in [6, 6.07) is 6.83. The molecule has 1 aliphatic rings. The van der Waals surface area contributed by atoms with Crippen LogP contribution in [0.1, 0.15) is 40.5 Å². The van der Waals surface area contributed by atoms with Gasteiger partial charge in [0.2, 0.25) is 5.91 Å². The van der Waals surface area contributed by atoms with Gasteiger partial charge in [-0.2, -0.15) is 0 Å². The summed E-state index contributed by atoms with van der Waals surface area (Å²) in [5, 5.41) is 6.41. The lowest BCUT2D eigenvalue weighted by atomic mass is 9.96. The van der Waals surface area contributed by atoms with Crippen LogP contribution in [0.5, 0.6) is 0 Å². The average Bonchev–Trinajstić information content (AvgIpc) is 2.60. The van der Waals surface area contributed by atoms with Crippen LogP contribution in [0.3, 0.4) is 0 Å². The smallest absolute Gasteiger partial charge is 0.407 e. The molecule has 2 amide bonds. The number of likely N-dealkylation sites (tertiary alicyclic amines) is 1. The highest BCUT2D eigenvalue weighted by molar-refractivity contribution is 6.30. The molecule has 1 aromatic carbocycles. The molecule has 2 N–H and O–H groups in total. The van der Waals surface area contributed by atoms with E-state index in [1.54, 1.807) is 24.3 Å². The van der Waals surface area contributed by atoms with E-state index in [1.165, 1.54) is 0 Å². The van der Waals surface area contributed by atoms with Crippen molar-refractivity contribution in [1.82, 2.24) is 10.2 Å². The van der Waals surface area contributed by atoms with Crippen LogP contribution in [0.25, 0.3) is 0 Å². The fourth-order valence-electron chi connectivity index (χ4n) is 3.10. The van der Waals surface area contributed by atoms with Crippen molar-refractivity contribution >= 4 is 29.3 Å². The van der Waals surface area contributed by atoms with Crippen molar-refractivity contribution in [3.63, 3.8) is 0 Å². The fourth-order valence-corrected chi connectivity index (χ4v) is 3.23. The number of rotatable bonds is 5. The van der Waals surface area contributed by atoms with Gasteiger partial charge < -0.3 is 15.4 Å². The number of hydrogen-bond acceptors (Lipinski definition) is 4. The molecule has 1 fully saturated rings. The van der Waals surface area contributed by atoms with E-state index in [-0.39, 0.29) is 11.9 Å². The molecule has 0 saturated carbocycles. The second-order valence-corrected chi connectivity index (χ2v) is 8.49. The number of carbonyl (C=O) groups excluding carboxylic acids is 2. The third-order valence-corrected chi connectivity index (χ3v) is 4.78. The summed E-state index contributed by atoms with van der Waals surface area (Å²) < 4.78 is 5.28. The first-order valence-corrected chi connectivity index (χ1v) is 9.79. The first-order chi connectivity index (χ1) is 12.6. The van der Waals surface area contributed by atoms with E-state index < -0.39 is 11.7 Å². The molecule has 2 atom stereocenters. The van der Waals surface area contributed by atoms with Crippen molar-refractivity contribution in [3.8, 4) is 0 Å². The van der Waals surface area contributed by atoms with Crippen LogP contribution in [-0.4, -0.2) is 48.2 Å². The molecule has 27 heavy (non-hydrogen) atoms. The number of anilines is 1. The number of nitrogens with one attached hydrogen (secondary N) is 2. The van der Waals surface area contributed by atoms with Gasteiger partial charge in [0, 0.05) is 23.8 Å². The topological polar surface area (TPSA) is 70.7 Å². The van der Waals surface area contributed by atoms with Crippen LogP contribution < -0.4 is 10.6 Å². The quantitative estimate of drug-likeness (QED) is 0.793. The normalized spacial score (nSPS) is 19.2. The van der Waals surface area contributed by atoms with Crippen molar-refractivity contribution in [3.05, 3.63) is 29.3 Å². The number of halogens is 1. The summed E-state index contributed by atoms with van der Waals surface area (Å²) in [4.78, 5) is 26.5. The summed E-state index contributed by atoms with van der Waals surface area (Å²) >= 11 is 5.88. The van der Waals surface area contributed by atoms with Crippen LogP contribution in [0, 0.1) is 5.92 Å². The third kappa shape index (κ3) is 7.39. The maximum atomic E-state index is 12.6. The van der Waals surface area contributed by atoms with Crippen molar-refractivity contribution in [2.24, 2.45) is 5.92 Å². The maximum absolute atomic E-state index is 12.6. The number of piperidine rings is 1. The Hall–Kier alpha value is -1.79. The molecule has 7 heteroatoms. The lowest BCUT2D eigenvalue weighted by Gasteiger charge is -2.36. The SMILES string of the molecule is CC(C(=O)Nc1ccc(Cl)cc1)N1CCCC(CNC(=O)OC(C)(C)C)C1. The lowest BCUT2D eigenvalue weighted by Crippen LogP contribution is -2.49. The van der Waals surface area contributed by atoms with Gasteiger partial charge >= 0.3 is 6.09 Å². The Kier molecular flexibility index (Phi) is 7.50. The standard InChI is InChI=1S/C20H30ClN3O3/c1-14(18(25)23-17-9-7-16(21)8-10-17)24-11-5-6-15(13-24)12-22-19(26)27-20(2,3)4/h7-10,14-15H,5-6,11-13H2,1-4H3,(H,22,26)(H,23,25). The fraction of sp³-hybridized carbons (Fsp3) is 0.600. The molecule has 1 aromatic rings. The van der Waals surface area contributed by atoms with Gasteiger partial charge in [-0.25, -0.2) is 4.79 Å². The Morgan fingerprint density at radius 2 is 1.96 bits per heavy atom. The molecule has 0 bridgehead atoms. The molecule has 0 aliphatic carbocycles. The van der Waals surface area contributed by atoms with E-state index >= 15 is 0 Å². The molecular formula is C20H30ClN3O3.